The molecule has 0 aliphatic heterocycles. The van der Waals surface area contributed by atoms with E-state index in [1.165, 1.54) is 18.2 Å². The normalized spacial score (nSPS) is 12.4. The summed E-state index contributed by atoms with van der Waals surface area (Å²) >= 11 is 5.80. The third-order valence-corrected chi connectivity index (χ3v) is 4.06. The van der Waals surface area contributed by atoms with E-state index in [1.807, 2.05) is 5.32 Å². The van der Waals surface area contributed by atoms with Crippen molar-refractivity contribution in [1.82, 2.24) is 5.32 Å². The number of imide groups is 1. The minimum absolute atomic E-state index is 0.0277. The second-order valence-electron chi connectivity index (χ2n) is 5.67. The second kappa shape index (κ2) is 7.91. The van der Waals surface area contributed by atoms with Gasteiger partial charge in [0.25, 0.3) is 11.5 Å². The summed E-state index contributed by atoms with van der Waals surface area (Å²) in [6, 6.07) is 6.77. The lowest BCUT2D eigenvalue weighted by Crippen LogP contribution is -2.53. The highest BCUT2D eigenvalue weighted by molar-refractivity contribution is 6.34. The number of alkyl halides is 6. The molecular formula is C17H11ClF6N2O3. The number of halogens is 7. The number of hydrogen-bond donors (Lipinski definition) is 3. The van der Waals surface area contributed by atoms with Crippen LogP contribution in [0, 0.1) is 0 Å². The lowest BCUT2D eigenvalue weighted by atomic mass is 9.92. The molecule has 2 aromatic rings. The SMILES string of the molecule is O=C(NC(=O)c1ccccc1Cl)Nc1ccc(C(O)(C(F)(F)F)C(F)(F)F)cc1. The number of urea groups is 1. The molecule has 2 aromatic carbocycles. The van der Waals surface area contributed by atoms with Crippen LogP contribution in [0.4, 0.5) is 36.8 Å². The zero-order chi connectivity index (χ0) is 22.0. The molecule has 0 heterocycles. The minimum atomic E-state index is -6.03. The Morgan fingerprint density at radius 3 is 1.86 bits per heavy atom. The van der Waals surface area contributed by atoms with Crippen molar-refractivity contribution < 1.29 is 41.0 Å². The molecule has 3 N–H and O–H groups in total. The van der Waals surface area contributed by atoms with Gasteiger partial charge in [-0.2, -0.15) is 26.3 Å². The highest BCUT2D eigenvalue weighted by Gasteiger charge is 2.71. The molecule has 0 aromatic heterocycles. The zero-order valence-corrected chi connectivity index (χ0v) is 14.8. The molecule has 0 aliphatic carbocycles. The van der Waals surface area contributed by atoms with Gasteiger partial charge in [0.15, 0.2) is 0 Å². The molecule has 0 radical (unpaired) electrons. The smallest absolute Gasteiger partial charge is 0.369 e. The number of benzene rings is 2. The molecule has 3 amide bonds. The van der Waals surface area contributed by atoms with Crippen LogP contribution in [0.15, 0.2) is 48.5 Å². The van der Waals surface area contributed by atoms with Gasteiger partial charge in [0.2, 0.25) is 0 Å². The lowest BCUT2D eigenvalue weighted by molar-refractivity contribution is -0.376. The van der Waals surface area contributed by atoms with Crippen LogP contribution in [-0.4, -0.2) is 29.4 Å². The van der Waals surface area contributed by atoms with Gasteiger partial charge in [-0.05, 0) is 24.3 Å². The molecule has 156 valence electrons. The Labute approximate surface area is 164 Å². The summed E-state index contributed by atoms with van der Waals surface area (Å²) in [4.78, 5) is 23.7. The predicted molar refractivity (Wildman–Crippen MR) is 90.4 cm³/mol. The van der Waals surface area contributed by atoms with Crippen molar-refractivity contribution >= 4 is 29.2 Å². The van der Waals surface area contributed by atoms with Crippen LogP contribution in [0.5, 0.6) is 0 Å². The molecular weight excluding hydrogens is 430 g/mol. The number of anilines is 1. The maximum Gasteiger partial charge on any atom is 0.430 e. The average Bonchev–Trinajstić information content (AvgIpc) is 2.60. The largest absolute Gasteiger partial charge is 0.430 e. The summed E-state index contributed by atoms with van der Waals surface area (Å²) in [6.07, 6.45) is -12.1. The number of rotatable bonds is 3. The average molecular weight is 441 g/mol. The van der Waals surface area contributed by atoms with Crippen molar-refractivity contribution in [3.05, 3.63) is 64.7 Å². The monoisotopic (exact) mass is 440 g/mol. The number of hydrogen-bond acceptors (Lipinski definition) is 3. The van der Waals surface area contributed by atoms with E-state index in [0.717, 1.165) is 0 Å². The van der Waals surface area contributed by atoms with E-state index in [4.69, 9.17) is 11.6 Å². The molecule has 0 saturated carbocycles. The number of nitrogens with one attached hydrogen (secondary N) is 2. The maximum absolute atomic E-state index is 12.8. The van der Waals surface area contributed by atoms with Crippen LogP contribution < -0.4 is 10.6 Å². The fourth-order valence-corrected chi connectivity index (χ4v) is 2.48. The first-order chi connectivity index (χ1) is 13.3. The van der Waals surface area contributed by atoms with E-state index < -0.39 is 35.5 Å². The fourth-order valence-electron chi connectivity index (χ4n) is 2.26. The number of aliphatic hydroxyl groups is 1. The van der Waals surface area contributed by atoms with Gasteiger partial charge in [-0.15, -0.1) is 0 Å². The summed E-state index contributed by atoms with van der Waals surface area (Å²) in [7, 11) is 0. The van der Waals surface area contributed by atoms with E-state index in [-0.39, 0.29) is 16.3 Å². The molecule has 0 bridgehead atoms. The van der Waals surface area contributed by atoms with Crippen molar-refractivity contribution in [1.29, 1.82) is 0 Å². The molecule has 0 fully saturated rings. The van der Waals surface area contributed by atoms with Gasteiger partial charge in [-0.25, -0.2) is 4.79 Å². The number of carbonyl (C=O) groups excluding carboxylic acids is 2. The molecule has 0 saturated heterocycles. The van der Waals surface area contributed by atoms with Gasteiger partial charge in [-0.3, -0.25) is 10.1 Å². The molecule has 12 heteroatoms. The number of amides is 3. The van der Waals surface area contributed by atoms with Crippen LogP contribution in [0.25, 0.3) is 0 Å². The summed E-state index contributed by atoms with van der Waals surface area (Å²) < 4.78 is 77.0. The van der Waals surface area contributed by atoms with Crippen LogP contribution in [-0.2, 0) is 5.60 Å². The van der Waals surface area contributed by atoms with Gasteiger partial charge < -0.3 is 10.4 Å². The Balaban J connectivity index is 2.15. The molecule has 0 aliphatic rings. The van der Waals surface area contributed by atoms with Crippen LogP contribution in [0.2, 0.25) is 5.02 Å². The van der Waals surface area contributed by atoms with E-state index in [2.05, 4.69) is 5.32 Å². The Morgan fingerprint density at radius 2 is 1.38 bits per heavy atom. The molecule has 5 nitrogen and oxygen atoms in total. The van der Waals surface area contributed by atoms with Crippen molar-refractivity contribution in [2.45, 2.75) is 18.0 Å². The zero-order valence-electron chi connectivity index (χ0n) is 14.0. The summed E-state index contributed by atoms with van der Waals surface area (Å²) in [5.74, 6) is -0.881. The van der Waals surface area contributed by atoms with Gasteiger partial charge in [0.05, 0.1) is 10.6 Å². The first-order valence-electron chi connectivity index (χ1n) is 7.60. The molecule has 29 heavy (non-hydrogen) atoms. The first kappa shape index (κ1) is 22.5. The second-order valence-corrected chi connectivity index (χ2v) is 6.08. The van der Waals surface area contributed by atoms with Crippen LogP contribution >= 0.6 is 11.6 Å². The minimum Gasteiger partial charge on any atom is -0.369 e. The fraction of sp³-hybridized carbons (Fsp3) is 0.176. The van der Waals surface area contributed by atoms with E-state index in [0.29, 0.717) is 24.3 Å². The Kier molecular flexibility index (Phi) is 6.14. The lowest BCUT2D eigenvalue weighted by Gasteiger charge is -2.32. The standard InChI is InChI=1S/C17H11ClF6N2O3/c18-12-4-2-1-3-11(12)13(27)26-14(28)25-10-7-5-9(6-8-10)15(29,16(19,20)21)17(22,23)24/h1-8,29H,(H2,25,26,27,28). The maximum atomic E-state index is 12.8. The van der Waals surface area contributed by atoms with Crippen molar-refractivity contribution in [3.63, 3.8) is 0 Å². The Hall–Kier alpha value is -2.79. The van der Waals surface area contributed by atoms with Gasteiger partial charge in [0.1, 0.15) is 0 Å². The summed E-state index contributed by atoms with van der Waals surface area (Å²) in [6.45, 7) is 0. The summed E-state index contributed by atoms with van der Waals surface area (Å²) in [5, 5.41) is 13.3. The Morgan fingerprint density at radius 1 is 0.862 bits per heavy atom. The molecule has 0 unspecified atom stereocenters. The van der Waals surface area contributed by atoms with Crippen molar-refractivity contribution in [3.8, 4) is 0 Å². The summed E-state index contributed by atoms with van der Waals surface area (Å²) in [5.41, 5.74) is -6.83. The highest BCUT2D eigenvalue weighted by Crippen LogP contribution is 2.50. The third-order valence-electron chi connectivity index (χ3n) is 3.73. The van der Waals surface area contributed by atoms with Gasteiger partial charge in [-0.1, -0.05) is 35.9 Å². The van der Waals surface area contributed by atoms with Crippen LogP contribution in [0.1, 0.15) is 15.9 Å². The van der Waals surface area contributed by atoms with Crippen LogP contribution in [0.3, 0.4) is 0 Å². The number of carbonyl (C=O) groups is 2. The molecule has 0 spiro atoms. The van der Waals surface area contributed by atoms with E-state index in [1.54, 1.807) is 6.07 Å². The van der Waals surface area contributed by atoms with Gasteiger partial charge in [0, 0.05) is 11.3 Å². The first-order valence-corrected chi connectivity index (χ1v) is 7.98. The molecule has 0 atom stereocenters. The van der Waals surface area contributed by atoms with E-state index >= 15 is 0 Å². The molecule has 2 rings (SSSR count). The quantitative estimate of drug-likeness (QED) is 0.610. The third kappa shape index (κ3) is 4.62. The van der Waals surface area contributed by atoms with Crippen molar-refractivity contribution in [2.75, 3.05) is 5.32 Å². The highest BCUT2D eigenvalue weighted by atomic mass is 35.5. The Bertz CT molecular complexity index is 899. The van der Waals surface area contributed by atoms with Crippen molar-refractivity contribution in [2.24, 2.45) is 0 Å². The van der Waals surface area contributed by atoms with E-state index in [9.17, 15) is 41.0 Å². The van der Waals surface area contributed by atoms with Gasteiger partial charge >= 0.3 is 18.4 Å². The predicted octanol–water partition coefficient (Wildman–Crippen LogP) is 4.61. The topological polar surface area (TPSA) is 78.4 Å².